The van der Waals surface area contributed by atoms with E-state index in [-0.39, 0.29) is 23.4 Å². The lowest BCUT2D eigenvalue weighted by atomic mass is 9.68. The molecule has 2 aromatic carbocycles. The minimum absolute atomic E-state index is 0.0583. The number of benzene rings is 2. The molecule has 5 aliphatic rings. The fourth-order valence-corrected chi connectivity index (χ4v) is 9.70. The molecule has 3 aliphatic carbocycles. The van der Waals surface area contributed by atoms with Crippen LogP contribution in [-0.2, 0) is 21.9 Å². The molecular formula is C31H37ClN2O5S. The highest BCUT2D eigenvalue weighted by atomic mass is 35.5. The molecule has 9 heteroatoms. The lowest BCUT2D eigenvalue weighted by Gasteiger charge is -2.45. The van der Waals surface area contributed by atoms with Gasteiger partial charge in [-0.3, -0.25) is 4.79 Å². The van der Waals surface area contributed by atoms with E-state index in [0.29, 0.717) is 36.7 Å². The number of halogens is 1. The van der Waals surface area contributed by atoms with Gasteiger partial charge in [0.1, 0.15) is 5.75 Å². The molecule has 2 aliphatic heterocycles. The quantitative estimate of drug-likeness (QED) is 0.460. The first-order valence-electron chi connectivity index (χ1n) is 14.8. The largest absolute Gasteiger partial charge is 0.490 e. The maximum absolute atomic E-state index is 13.2. The predicted octanol–water partition coefficient (Wildman–Crippen LogP) is 4.83. The number of aryl methyl sites for hydroxylation is 1. The zero-order valence-electron chi connectivity index (χ0n) is 22.6. The van der Waals surface area contributed by atoms with Crippen LogP contribution in [0.25, 0.3) is 0 Å². The highest BCUT2D eigenvalue weighted by Gasteiger charge is 2.48. The second-order valence-corrected chi connectivity index (χ2v) is 15.1. The number of carbonyl (C=O) groups is 1. The van der Waals surface area contributed by atoms with Crippen molar-refractivity contribution in [2.24, 2.45) is 17.8 Å². The third-order valence-electron chi connectivity index (χ3n) is 10.3. The summed E-state index contributed by atoms with van der Waals surface area (Å²) in [5.41, 5.74) is 3.44. The van der Waals surface area contributed by atoms with Gasteiger partial charge in [-0.25, -0.2) is 13.1 Å². The minimum Gasteiger partial charge on any atom is -0.490 e. The molecule has 1 amide bonds. The standard InChI is InChI=1S/C31H37ClN2O5S/c32-23-8-10-25-19(13-23)4-2-12-31(25)17-34-16-22-6-9-24(22)27(35)5-1-3-20-15-29(20)40(37,38)33-30(36)21-7-11-28(39-18-31)26(34)14-21/h7-8,10-11,13-14,20,22,24,27,29,35H,1-6,9,12,15-18H2,(H,33,36)/t20?,22-,24+,27-,29+,31-/m0/s1. The van der Waals surface area contributed by atoms with E-state index in [9.17, 15) is 18.3 Å². The second kappa shape index (κ2) is 9.92. The highest BCUT2D eigenvalue weighted by Crippen LogP contribution is 2.47. The average Bonchev–Trinajstić information content (AvgIpc) is 3.70. The Hall–Kier alpha value is -2.29. The summed E-state index contributed by atoms with van der Waals surface area (Å²) in [7, 11) is -3.75. The van der Waals surface area contributed by atoms with Crippen LogP contribution in [0, 0.1) is 17.8 Å². The lowest BCUT2D eigenvalue weighted by molar-refractivity contribution is 0.00891. The number of aliphatic hydroxyl groups excluding tert-OH is 1. The lowest BCUT2D eigenvalue weighted by Crippen LogP contribution is -2.49. The second-order valence-electron chi connectivity index (χ2n) is 12.8. The van der Waals surface area contributed by atoms with Crippen LogP contribution < -0.4 is 14.4 Å². The van der Waals surface area contributed by atoms with E-state index in [4.69, 9.17) is 16.3 Å². The summed E-state index contributed by atoms with van der Waals surface area (Å²) in [4.78, 5) is 15.6. The first kappa shape index (κ1) is 26.6. The van der Waals surface area contributed by atoms with Crippen molar-refractivity contribution in [3.8, 4) is 5.75 Å². The van der Waals surface area contributed by atoms with E-state index in [1.807, 2.05) is 12.1 Å². The van der Waals surface area contributed by atoms with Gasteiger partial charge in [-0.2, -0.15) is 0 Å². The number of rotatable bonds is 0. The molecule has 2 bridgehead atoms. The van der Waals surface area contributed by atoms with Crippen molar-refractivity contribution < 1.29 is 23.1 Å². The fourth-order valence-electron chi connectivity index (χ4n) is 7.84. The van der Waals surface area contributed by atoms with Crippen molar-refractivity contribution in [3.05, 3.63) is 58.1 Å². The van der Waals surface area contributed by atoms with Crippen molar-refractivity contribution in [2.75, 3.05) is 24.6 Å². The van der Waals surface area contributed by atoms with Gasteiger partial charge in [-0.1, -0.05) is 24.1 Å². The monoisotopic (exact) mass is 584 g/mol. The number of amides is 1. The fraction of sp³-hybridized carbons (Fsp3) is 0.581. The van der Waals surface area contributed by atoms with Crippen molar-refractivity contribution >= 4 is 33.2 Å². The van der Waals surface area contributed by atoms with Gasteiger partial charge >= 0.3 is 0 Å². The molecule has 0 radical (unpaired) electrons. The van der Waals surface area contributed by atoms with Crippen molar-refractivity contribution in [2.45, 2.75) is 74.6 Å². The Morgan fingerprint density at radius 3 is 2.75 bits per heavy atom. The summed E-state index contributed by atoms with van der Waals surface area (Å²) in [5.74, 6) is 0.763. The van der Waals surface area contributed by atoms with E-state index < -0.39 is 21.2 Å². The zero-order valence-corrected chi connectivity index (χ0v) is 24.2. The smallest absolute Gasteiger partial charge is 0.264 e. The van der Waals surface area contributed by atoms with Crippen LogP contribution in [0.3, 0.4) is 0 Å². The summed E-state index contributed by atoms with van der Waals surface area (Å²) in [5, 5.41) is 11.4. The molecule has 2 heterocycles. The summed E-state index contributed by atoms with van der Waals surface area (Å²) < 4.78 is 34.8. The number of carbonyl (C=O) groups excluding carboxylic acids is 1. The predicted molar refractivity (Wildman–Crippen MR) is 155 cm³/mol. The number of sulfonamides is 1. The highest BCUT2D eigenvalue weighted by molar-refractivity contribution is 7.91. The van der Waals surface area contributed by atoms with Gasteiger partial charge in [0.15, 0.2) is 0 Å². The molecule has 214 valence electrons. The molecule has 2 saturated carbocycles. The Kier molecular flexibility index (Phi) is 6.59. The van der Waals surface area contributed by atoms with Crippen molar-refractivity contribution in [3.63, 3.8) is 0 Å². The third-order valence-corrected chi connectivity index (χ3v) is 12.4. The number of nitrogens with one attached hydrogen (secondary N) is 1. The SMILES string of the molecule is O=C1NS(=O)(=O)[C@@H]2CC2CCC[C@H](O)[C@@H]2CC[C@H]2CN2C[C@@]3(CCCc4cc(Cl)ccc43)COc3ccc1cc32. The molecule has 6 atom stereocenters. The van der Waals surface area contributed by atoms with Gasteiger partial charge in [0, 0.05) is 29.1 Å². The normalized spacial score (nSPS) is 34.7. The molecule has 7 rings (SSSR count). The molecule has 40 heavy (non-hydrogen) atoms. The van der Waals surface area contributed by atoms with Gasteiger partial charge in [0.25, 0.3) is 5.91 Å². The Morgan fingerprint density at radius 2 is 1.93 bits per heavy atom. The Morgan fingerprint density at radius 1 is 1.05 bits per heavy atom. The first-order valence-corrected chi connectivity index (χ1v) is 16.7. The van der Waals surface area contributed by atoms with Crippen LogP contribution in [0.1, 0.15) is 72.9 Å². The summed E-state index contributed by atoms with van der Waals surface area (Å²) >= 11 is 6.38. The number of hydrogen-bond acceptors (Lipinski definition) is 6. The van der Waals surface area contributed by atoms with Crippen LogP contribution in [0.2, 0.25) is 5.02 Å². The maximum Gasteiger partial charge on any atom is 0.264 e. The average molecular weight is 585 g/mol. The summed E-state index contributed by atoms with van der Waals surface area (Å²) in [6.45, 7) is 2.00. The number of aliphatic hydroxyl groups is 1. The molecule has 2 fully saturated rings. The number of nitrogens with zero attached hydrogens (tertiary/aromatic N) is 1. The molecule has 7 nitrogen and oxygen atoms in total. The summed E-state index contributed by atoms with van der Waals surface area (Å²) in [6.07, 6.45) is 7.55. The van der Waals surface area contributed by atoms with Crippen LogP contribution in [0.5, 0.6) is 5.75 Å². The van der Waals surface area contributed by atoms with Crippen molar-refractivity contribution in [1.29, 1.82) is 0 Å². The van der Waals surface area contributed by atoms with Crippen LogP contribution >= 0.6 is 11.6 Å². The number of ether oxygens (including phenoxy) is 1. The number of fused-ring (bicyclic) bond motifs is 5. The van der Waals surface area contributed by atoms with Gasteiger partial charge in [0.05, 0.1) is 23.6 Å². The molecule has 2 N–H and O–H groups in total. The minimum atomic E-state index is -3.75. The number of anilines is 1. The van der Waals surface area contributed by atoms with E-state index in [2.05, 4.69) is 21.8 Å². The van der Waals surface area contributed by atoms with E-state index >= 15 is 0 Å². The number of hydrogen-bond donors (Lipinski definition) is 2. The van der Waals surface area contributed by atoms with E-state index in [0.717, 1.165) is 68.7 Å². The maximum atomic E-state index is 13.2. The van der Waals surface area contributed by atoms with E-state index in [1.54, 1.807) is 12.1 Å². The van der Waals surface area contributed by atoms with Crippen LogP contribution in [0.4, 0.5) is 5.69 Å². The molecule has 2 aromatic rings. The van der Waals surface area contributed by atoms with Gasteiger partial charge in [-0.15, -0.1) is 0 Å². The van der Waals surface area contributed by atoms with Crippen molar-refractivity contribution in [1.82, 2.24) is 4.72 Å². The van der Waals surface area contributed by atoms with Crippen LogP contribution in [0.15, 0.2) is 36.4 Å². The topological polar surface area (TPSA) is 95.9 Å². The van der Waals surface area contributed by atoms with Gasteiger partial charge < -0.3 is 14.7 Å². The van der Waals surface area contributed by atoms with E-state index in [1.165, 1.54) is 11.1 Å². The Bertz CT molecular complexity index is 1450. The summed E-state index contributed by atoms with van der Waals surface area (Å²) in [6, 6.07) is 11.5. The first-order chi connectivity index (χ1) is 19.2. The molecule has 1 spiro atoms. The van der Waals surface area contributed by atoms with Gasteiger partial charge in [-0.05, 0) is 111 Å². The molecule has 1 unspecified atom stereocenters. The third kappa shape index (κ3) is 4.70. The Balaban J connectivity index is 1.28. The molecule has 0 saturated heterocycles. The Labute approximate surface area is 241 Å². The zero-order chi connectivity index (χ0) is 27.6. The van der Waals surface area contributed by atoms with Gasteiger partial charge in [0.2, 0.25) is 10.0 Å². The van der Waals surface area contributed by atoms with Crippen LogP contribution in [-0.4, -0.2) is 50.5 Å². The molecule has 0 aromatic heterocycles. The molecular weight excluding hydrogens is 548 g/mol.